The van der Waals surface area contributed by atoms with Crippen LogP contribution in [0, 0.1) is 24.7 Å². The highest BCUT2D eigenvalue weighted by Gasteiger charge is 2.56. The van der Waals surface area contributed by atoms with Crippen LogP contribution in [0.4, 0.5) is 0 Å². The molecular weight excluding hydrogens is 336 g/mol. The highest BCUT2D eigenvalue weighted by molar-refractivity contribution is 5.95. The summed E-state index contributed by atoms with van der Waals surface area (Å²) >= 11 is 0. The van der Waals surface area contributed by atoms with Crippen LogP contribution in [0.3, 0.4) is 0 Å². The number of amides is 1. The molecule has 27 heavy (non-hydrogen) atoms. The van der Waals surface area contributed by atoms with E-state index in [0.29, 0.717) is 11.8 Å². The number of hydrogen-bond acceptors (Lipinski definition) is 3. The summed E-state index contributed by atoms with van der Waals surface area (Å²) in [6.07, 6.45) is 6.33. The third-order valence-electron chi connectivity index (χ3n) is 6.32. The van der Waals surface area contributed by atoms with Crippen LogP contribution in [-0.2, 0) is 13.5 Å². The number of fused-ring (bicyclic) bond motifs is 1. The summed E-state index contributed by atoms with van der Waals surface area (Å²) in [5.74, 6) is 2.40. The van der Waals surface area contributed by atoms with Crippen LogP contribution in [-0.4, -0.2) is 58.7 Å². The Balaban J connectivity index is 1.20. The molecule has 1 aromatic carbocycles. The van der Waals surface area contributed by atoms with Crippen LogP contribution in [0.1, 0.15) is 27.9 Å². The van der Waals surface area contributed by atoms with E-state index < -0.39 is 0 Å². The van der Waals surface area contributed by atoms with Crippen molar-refractivity contribution in [2.45, 2.75) is 19.8 Å². The molecule has 2 heterocycles. The molecule has 0 N–H and O–H groups in total. The first-order valence-electron chi connectivity index (χ1n) is 10.0. The van der Waals surface area contributed by atoms with E-state index >= 15 is 0 Å². The molecule has 1 unspecified atom stereocenters. The van der Waals surface area contributed by atoms with E-state index in [0.717, 1.165) is 49.6 Å². The summed E-state index contributed by atoms with van der Waals surface area (Å²) in [4.78, 5) is 17.3. The number of aryl methyl sites for hydroxylation is 3. The predicted molar refractivity (Wildman–Crippen MR) is 107 cm³/mol. The zero-order valence-electron chi connectivity index (χ0n) is 16.6. The van der Waals surface area contributed by atoms with Crippen molar-refractivity contribution in [2.24, 2.45) is 24.8 Å². The Kier molecular flexibility index (Phi) is 5.04. The number of nitrogens with zero attached hydrogens (tertiary/aromatic N) is 4. The van der Waals surface area contributed by atoms with Gasteiger partial charge in [0, 0.05) is 38.4 Å². The summed E-state index contributed by atoms with van der Waals surface area (Å²) in [6, 6.07) is 7.93. The second kappa shape index (κ2) is 7.47. The summed E-state index contributed by atoms with van der Waals surface area (Å²) in [5, 5.41) is 4.23. The van der Waals surface area contributed by atoms with Gasteiger partial charge in [0.15, 0.2) is 0 Å². The molecule has 3 atom stereocenters. The Morgan fingerprint density at radius 2 is 2.00 bits per heavy atom. The second-order valence-corrected chi connectivity index (χ2v) is 8.40. The number of benzene rings is 1. The highest BCUT2D eigenvalue weighted by atomic mass is 16.2. The lowest BCUT2D eigenvalue weighted by atomic mass is 10.1. The van der Waals surface area contributed by atoms with Gasteiger partial charge in [-0.05, 0) is 68.3 Å². The Bertz CT molecular complexity index is 802. The first-order valence-corrected chi connectivity index (χ1v) is 10.0. The molecule has 5 nitrogen and oxygen atoms in total. The van der Waals surface area contributed by atoms with Crippen LogP contribution in [0.2, 0.25) is 0 Å². The minimum Gasteiger partial charge on any atom is -0.338 e. The Hall–Kier alpha value is -2.14. The minimum absolute atomic E-state index is 0.212. The van der Waals surface area contributed by atoms with E-state index in [9.17, 15) is 4.79 Å². The third-order valence-corrected chi connectivity index (χ3v) is 6.32. The zero-order valence-corrected chi connectivity index (χ0v) is 16.6. The first kappa shape index (κ1) is 18.2. The standard InChI is InChI=1S/C22H30N4O/c1-16-7-4-5-9-18(16)22(27)26-14-20-19(21(20)15-26)13-24(2)10-6-8-17-11-23-25(3)12-17/h4-5,7,9,11-12,19-21H,6,8,10,13-15H2,1-3H3/t19?,20-,21+. The number of rotatable bonds is 7. The van der Waals surface area contributed by atoms with E-state index in [4.69, 9.17) is 0 Å². The summed E-state index contributed by atoms with van der Waals surface area (Å²) < 4.78 is 1.87. The van der Waals surface area contributed by atoms with Gasteiger partial charge >= 0.3 is 0 Å². The second-order valence-electron chi connectivity index (χ2n) is 8.40. The molecule has 2 fully saturated rings. The molecule has 1 aliphatic carbocycles. The quantitative estimate of drug-likeness (QED) is 0.756. The van der Waals surface area contributed by atoms with Gasteiger partial charge in [0.1, 0.15) is 0 Å². The smallest absolute Gasteiger partial charge is 0.254 e. The molecule has 2 aliphatic rings. The van der Waals surface area contributed by atoms with Crippen LogP contribution in [0.25, 0.3) is 0 Å². The van der Waals surface area contributed by atoms with Gasteiger partial charge in [0.2, 0.25) is 0 Å². The van der Waals surface area contributed by atoms with Gasteiger partial charge in [0.25, 0.3) is 5.91 Å². The van der Waals surface area contributed by atoms with Gasteiger partial charge in [-0.3, -0.25) is 9.48 Å². The fourth-order valence-corrected chi connectivity index (χ4v) is 4.67. The van der Waals surface area contributed by atoms with Crippen molar-refractivity contribution >= 4 is 5.91 Å². The molecule has 2 aromatic rings. The fraction of sp³-hybridized carbons (Fsp3) is 0.545. The molecule has 5 heteroatoms. The lowest BCUT2D eigenvalue weighted by Crippen LogP contribution is -2.34. The molecule has 4 rings (SSSR count). The number of hydrogen-bond donors (Lipinski definition) is 0. The maximum absolute atomic E-state index is 12.7. The van der Waals surface area contributed by atoms with Crippen LogP contribution >= 0.6 is 0 Å². The number of aromatic nitrogens is 2. The molecule has 1 saturated carbocycles. The maximum atomic E-state index is 12.7. The Labute approximate surface area is 162 Å². The van der Waals surface area contributed by atoms with E-state index in [1.807, 2.05) is 49.1 Å². The van der Waals surface area contributed by atoms with E-state index in [1.54, 1.807) is 0 Å². The average Bonchev–Trinajstić information content (AvgIpc) is 3.01. The van der Waals surface area contributed by atoms with Crippen molar-refractivity contribution in [3.63, 3.8) is 0 Å². The molecule has 1 saturated heterocycles. The monoisotopic (exact) mass is 366 g/mol. The predicted octanol–water partition coefficient (Wildman–Crippen LogP) is 2.61. The Morgan fingerprint density at radius 3 is 2.67 bits per heavy atom. The van der Waals surface area contributed by atoms with Crippen molar-refractivity contribution in [3.05, 3.63) is 53.3 Å². The molecule has 144 valence electrons. The molecule has 0 bridgehead atoms. The van der Waals surface area contributed by atoms with Crippen LogP contribution in [0.15, 0.2) is 36.7 Å². The summed E-state index contributed by atoms with van der Waals surface area (Å²) in [5.41, 5.74) is 3.26. The van der Waals surface area contributed by atoms with E-state index in [-0.39, 0.29) is 5.91 Å². The van der Waals surface area contributed by atoms with Gasteiger partial charge in [-0.1, -0.05) is 18.2 Å². The van der Waals surface area contributed by atoms with Crippen LogP contribution in [0.5, 0.6) is 0 Å². The van der Waals surface area contributed by atoms with Gasteiger partial charge < -0.3 is 9.80 Å². The first-order chi connectivity index (χ1) is 13.0. The van der Waals surface area contributed by atoms with Crippen molar-refractivity contribution in [3.8, 4) is 0 Å². The SMILES string of the molecule is Cc1ccccc1C(=O)N1C[C@@H]2C(CN(C)CCCc3cnn(C)c3)[C@@H]2C1. The fourth-order valence-electron chi connectivity index (χ4n) is 4.67. The molecule has 1 aromatic heterocycles. The van der Waals surface area contributed by atoms with Gasteiger partial charge in [0.05, 0.1) is 6.20 Å². The maximum Gasteiger partial charge on any atom is 0.254 e. The molecule has 1 amide bonds. The molecule has 1 aliphatic heterocycles. The number of likely N-dealkylation sites (tertiary alicyclic amines) is 1. The topological polar surface area (TPSA) is 41.4 Å². The van der Waals surface area contributed by atoms with Crippen molar-refractivity contribution in [1.29, 1.82) is 0 Å². The molecule has 0 spiro atoms. The minimum atomic E-state index is 0.212. The van der Waals surface area contributed by atoms with Gasteiger partial charge in [-0.25, -0.2) is 0 Å². The number of carbonyl (C=O) groups is 1. The zero-order chi connectivity index (χ0) is 19.0. The van der Waals surface area contributed by atoms with Gasteiger partial charge in [-0.15, -0.1) is 0 Å². The molecular formula is C22H30N4O. The van der Waals surface area contributed by atoms with Crippen molar-refractivity contribution < 1.29 is 4.79 Å². The lowest BCUT2D eigenvalue weighted by Gasteiger charge is -2.23. The van der Waals surface area contributed by atoms with Crippen molar-refractivity contribution in [2.75, 3.05) is 33.2 Å². The highest BCUT2D eigenvalue weighted by Crippen LogP contribution is 2.52. The van der Waals surface area contributed by atoms with Crippen molar-refractivity contribution in [1.82, 2.24) is 19.6 Å². The average molecular weight is 367 g/mol. The normalized spacial score (nSPS) is 23.7. The number of carbonyl (C=O) groups excluding carboxylic acids is 1. The molecule has 0 radical (unpaired) electrons. The lowest BCUT2D eigenvalue weighted by molar-refractivity contribution is 0.0764. The Morgan fingerprint density at radius 1 is 1.26 bits per heavy atom. The summed E-state index contributed by atoms with van der Waals surface area (Å²) in [7, 11) is 4.20. The third kappa shape index (κ3) is 3.93. The summed E-state index contributed by atoms with van der Waals surface area (Å²) in [6.45, 7) is 6.18. The van der Waals surface area contributed by atoms with E-state index in [1.165, 1.54) is 12.0 Å². The van der Waals surface area contributed by atoms with Crippen LogP contribution < -0.4 is 0 Å². The number of piperidine rings is 1. The van der Waals surface area contributed by atoms with E-state index in [2.05, 4.69) is 28.1 Å². The largest absolute Gasteiger partial charge is 0.338 e. The van der Waals surface area contributed by atoms with Gasteiger partial charge in [-0.2, -0.15) is 5.10 Å².